The van der Waals surface area contributed by atoms with Gasteiger partial charge in [-0.3, -0.25) is 24.9 Å². The Bertz CT molecular complexity index is 1350. The number of pyridine rings is 2. The highest BCUT2D eigenvalue weighted by atomic mass is 16.2. The second-order valence-corrected chi connectivity index (χ2v) is 9.31. The topological polar surface area (TPSA) is 156 Å². The zero-order valence-corrected chi connectivity index (χ0v) is 21.4. The van der Waals surface area contributed by atoms with Gasteiger partial charge in [0.2, 0.25) is 0 Å². The Kier molecular flexibility index (Phi) is 7.95. The second-order valence-electron chi connectivity index (χ2n) is 9.31. The van der Waals surface area contributed by atoms with Crippen LogP contribution in [0.5, 0.6) is 0 Å². The number of hydrogen-bond donors (Lipinski definition) is 5. The number of amides is 2. The van der Waals surface area contributed by atoms with Crippen LogP contribution in [0.15, 0.2) is 47.9 Å². The number of aromatic amines is 1. The standard InChI is InChI=1S/C26H33N9O2/c1-16(17(2)27)23(28)26(37)32-20-12-19-14-21(33-24(19)31-15-20)18-4-5-29-22(13-18)25(36)30-6-7-35-10-8-34(3)9-11-35/h4-5,12-15,28H,6-11,27H2,1-3H3,(H,30,36)(H,31,33)(H,32,37)/b17-16-,28-23?. The maximum atomic E-state index is 12.7. The van der Waals surface area contributed by atoms with Gasteiger partial charge in [0, 0.05) is 67.8 Å². The SMILES string of the molecule is C/C(N)=C(\C)C(=N)C(=O)Nc1cnc2[nH]c(-c3ccnc(C(=O)NCCN4CCN(C)CC4)c3)cc2c1. The number of H-pyrrole nitrogens is 1. The first-order valence-corrected chi connectivity index (χ1v) is 12.2. The summed E-state index contributed by atoms with van der Waals surface area (Å²) in [6.45, 7) is 8.75. The molecule has 37 heavy (non-hydrogen) atoms. The second kappa shape index (κ2) is 11.3. The normalized spacial score (nSPS) is 15.3. The molecule has 4 heterocycles. The molecular formula is C26H33N9O2. The van der Waals surface area contributed by atoms with Gasteiger partial charge in [0.25, 0.3) is 11.8 Å². The number of nitrogens with zero attached hydrogens (tertiary/aromatic N) is 4. The van der Waals surface area contributed by atoms with E-state index in [2.05, 4.69) is 42.4 Å². The number of rotatable bonds is 8. The van der Waals surface area contributed by atoms with Crippen molar-refractivity contribution in [2.45, 2.75) is 13.8 Å². The molecule has 0 unspecified atom stereocenters. The Hall–Kier alpha value is -4.09. The summed E-state index contributed by atoms with van der Waals surface area (Å²) in [5, 5.41) is 14.4. The fourth-order valence-corrected chi connectivity index (χ4v) is 4.01. The van der Waals surface area contributed by atoms with E-state index in [0.29, 0.717) is 34.8 Å². The summed E-state index contributed by atoms with van der Waals surface area (Å²) >= 11 is 0. The highest BCUT2D eigenvalue weighted by Gasteiger charge is 2.16. The van der Waals surface area contributed by atoms with Gasteiger partial charge < -0.3 is 26.3 Å². The summed E-state index contributed by atoms with van der Waals surface area (Å²) in [6, 6.07) is 7.22. The maximum Gasteiger partial charge on any atom is 0.273 e. The van der Waals surface area contributed by atoms with Gasteiger partial charge in [-0.1, -0.05) is 0 Å². The van der Waals surface area contributed by atoms with Crippen molar-refractivity contribution in [3.05, 3.63) is 53.6 Å². The first-order chi connectivity index (χ1) is 17.7. The van der Waals surface area contributed by atoms with Gasteiger partial charge in [-0.2, -0.15) is 0 Å². The van der Waals surface area contributed by atoms with Crippen LogP contribution in [0.25, 0.3) is 22.3 Å². The van der Waals surface area contributed by atoms with E-state index < -0.39 is 5.91 Å². The zero-order valence-electron chi connectivity index (χ0n) is 21.4. The first-order valence-electron chi connectivity index (χ1n) is 12.2. The zero-order chi connectivity index (χ0) is 26.5. The number of nitrogens with two attached hydrogens (primary N) is 1. The Morgan fingerprint density at radius 3 is 2.62 bits per heavy atom. The van der Waals surface area contributed by atoms with Crippen molar-refractivity contribution in [2.75, 3.05) is 51.6 Å². The van der Waals surface area contributed by atoms with E-state index in [1.165, 1.54) is 6.20 Å². The Morgan fingerprint density at radius 2 is 1.89 bits per heavy atom. The molecule has 1 aliphatic heterocycles. The number of anilines is 1. The third-order valence-electron chi connectivity index (χ3n) is 6.53. The number of nitrogens with one attached hydrogen (secondary N) is 4. The molecule has 0 spiro atoms. The molecular weight excluding hydrogens is 470 g/mol. The third kappa shape index (κ3) is 6.38. The van der Waals surface area contributed by atoms with Gasteiger partial charge in [0.1, 0.15) is 17.1 Å². The Balaban J connectivity index is 1.41. The summed E-state index contributed by atoms with van der Waals surface area (Å²) in [4.78, 5) is 41.6. The van der Waals surface area contributed by atoms with Crippen molar-refractivity contribution in [1.82, 2.24) is 30.1 Å². The van der Waals surface area contributed by atoms with Crippen LogP contribution in [0.4, 0.5) is 5.69 Å². The molecule has 0 bridgehead atoms. The average molecular weight is 504 g/mol. The van der Waals surface area contributed by atoms with Crippen molar-refractivity contribution in [3.63, 3.8) is 0 Å². The van der Waals surface area contributed by atoms with Crippen molar-refractivity contribution in [1.29, 1.82) is 5.41 Å². The monoisotopic (exact) mass is 503 g/mol. The lowest BCUT2D eigenvalue weighted by Crippen LogP contribution is -2.46. The summed E-state index contributed by atoms with van der Waals surface area (Å²) in [7, 11) is 2.12. The molecule has 0 aliphatic carbocycles. The fourth-order valence-electron chi connectivity index (χ4n) is 4.01. The number of piperazine rings is 1. The molecule has 2 amide bonds. The molecule has 0 atom stereocenters. The van der Waals surface area contributed by atoms with E-state index in [9.17, 15) is 9.59 Å². The van der Waals surface area contributed by atoms with Gasteiger partial charge >= 0.3 is 0 Å². The van der Waals surface area contributed by atoms with Crippen molar-refractivity contribution in [3.8, 4) is 11.3 Å². The lowest BCUT2D eigenvalue weighted by molar-refractivity contribution is -0.110. The fraction of sp³-hybridized carbons (Fsp3) is 0.346. The number of carbonyl (C=O) groups is 2. The van der Waals surface area contributed by atoms with Crippen LogP contribution in [-0.4, -0.2) is 88.6 Å². The molecule has 1 saturated heterocycles. The van der Waals surface area contributed by atoms with Gasteiger partial charge in [0.15, 0.2) is 0 Å². The van der Waals surface area contributed by atoms with Gasteiger partial charge in [-0.25, -0.2) is 4.98 Å². The van der Waals surface area contributed by atoms with E-state index in [1.807, 2.05) is 12.1 Å². The van der Waals surface area contributed by atoms with Crippen LogP contribution in [0.1, 0.15) is 24.3 Å². The van der Waals surface area contributed by atoms with Crippen LogP contribution in [0.2, 0.25) is 0 Å². The van der Waals surface area contributed by atoms with Crippen molar-refractivity contribution in [2.24, 2.45) is 5.73 Å². The molecule has 11 nitrogen and oxygen atoms in total. The summed E-state index contributed by atoms with van der Waals surface area (Å²) < 4.78 is 0. The van der Waals surface area contributed by atoms with E-state index in [4.69, 9.17) is 11.1 Å². The molecule has 0 aromatic carbocycles. The molecule has 0 saturated carbocycles. The minimum Gasteiger partial charge on any atom is -0.402 e. The number of hydrogen-bond acceptors (Lipinski definition) is 8. The van der Waals surface area contributed by atoms with E-state index in [1.54, 1.807) is 32.2 Å². The molecule has 194 valence electrons. The smallest absolute Gasteiger partial charge is 0.273 e. The highest BCUT2D eigenvalue weighted by molar-refractivity contribution is 6.47. The van der Waals surface area contributed by atoms with Crippen LogP contribution >= 0.6 is 0 Å². The van der Waals surface area contributed by atoms with Crippen LogP contribution in [0, 0.1) is 5.41 Å². The van der Waals surface area contributed by atoms with Crippen LogP contribution in [-0.2, 0) is 4.79 Å². The number of allylic oxidation sites excluding steroid dienone is 1. The lowest BCUT2D eigenvalue weighted by Gasteiger charge is -2.32. The summed E-state index contributed by atoms with van der Waals surface area (Å²) in [5.74, 6) is -0.772. The predicted octanol–water partition coefficient (Wildman–Crippen LogP) is 1.81. The number of fused-ring (bicyclic) bond motifs is 1. The predicted molar refractivity (Wildman–Crippen MR) is 145 cm³/mol. The largest absolute Gasteiger partial charge is 0.402 e. The molecule has 3 aromatic heterocycles. The van der Waals surface area contributed by atoms with Gasteiger partial charge in [-0.15, -0.1) is 0 Å². The molecule has 6 N–H and O–H groups in total. The van der Waals surface area contributed by atoms with Crippen LogP contribution in [0.3, 0.4) is 0 Å². The first kappa shape index (κ1) is 26.0. The van der Waals surface area contributed by atoms with Crippen molar-refractivity contribution >= 4 is 34.2 Å². The van der Waals surface area contributed by atoms with Gasteiger partial charge in [0.05, 0.1) is 11.9 Å². The quantitative estimate of drug-likeness (QED) is 0.294. The van der Waals surface area contributed by atoms with E-state index in [0.717, 1.165) is 49.4 Å². The Labute approximate surface area is 215 Å². The van der Waals surface area contributed by atoms with E-state index in [-0.39, 0.29) is 11.6 Å². The summed E-state index contributed by atoms with van der Waals surface area (Å²) in [6.07, 6.45) is 3.13. The minimum absolute atomic E-state index is 0.194. The summed E-state index contributed by atoms with van der Waals surface area (Å²) in [5.41, 5.74) is 9.35. The molecule has 1 fully saturated rings. The average Bonchev–Trinajstić information content (AvgIpc) is 3.32. The Morgan fingerprint density at radius 1 is 1.14 bits per heavy atom. The molecule has 1 aliphatic rings. The van der Waals surface area contributed by atoms with E-state index >= 15 is 0 Å². The van der Waals surface area contributed by atoms with Crippen LogP contribution < -0.4 is 16.4 Å². The number of likely N-dealkylation sites (N-methyl/N-ethyl adjacent to an activating group) is 1. The number of carbonyl (C=O) groups excluding carboxylic acids is 2. The van der Waals surface area contributed by atoms with Gasteiger partial charge in [-0.05, 0) is 50.7 Å². The maximum absolute atomic E-state index is 12.7. The molecule has 4 rings (SSSR count). The third-order valence-corrected chi connectivity index (χ3v) is 6.53. The van der Waals surface area contributed by atoms with Crippen molar-refractivity contribution < 1.29 is 9.59 Å². The molecule has 0 radical (unpaired) electrons. The molecule has 3 aromatic rings. The minimum atomic E-state index is -0.559. The molecule has 11 heteroatoms. The number of aromatic nitrogens is 3. The highest BCUT2D eigenvalue weighted by Crippen LogP contribution is 2.25. The lowest BCUT2D eigenvalue weighted by atomic mass is 10.1.